The molecule has 0 unspecified atom stereocenters. The largest absolute Gasteiger partial charge is 0.497 e. The molecule has 0 aliphatic rings. The topological polar surface area (TPSA) is 69.2 Å². The van der Waals surface area contributed by atoms with Crippen LogP contribution in [0.3, 0.4) is 0 Å². The molecule has 0 radical (unpaired) electrons. The molecule has 1 atom stereocenters. The minimum Gasteiger partial charge on any atom is -0.497 e. The number of ether oxygens (including phenoxy) is 1. The van der Waals surface area contributed by atoms with Crippen molar-refractivity contribution in [2.24, 2.45) is 0 Å². The van der Waals surface area contributed by atoms with E-state index in [0.29, 0.717) is 17.9 Å². The van der Waals surface area contributed by atoms with Crippen LogP contribution in [0.15, 0.2) is 86.6 Å². The summed E-state index contributed by atoms with van der Waals surface area (Å²) in [6.07, 6.45) is 1.68. The molecule has 0 bridgehead atoms. The lowest BCUT2D eigenvalue weighted by molar-refractivity contribution is -0.704. The van der Waals surface area contributed by atoms with Gasteiger partial charge in [0.25, 0.3) is 0 Å². The molecule has 2 heterocycles. The number of hydrogen-bond acceptors (Lipinski definition) is 4. The lowest BCUT2D eigenvalue weighted by Crippen LogP contribution is -2.83. The van der Waals surface area contributed by atoms with Gasteiger partial charge in [-0.05, 0) is 24.3 Å². The number of fused-ring (bicyclic) bond motifs is 1. The SMILES string of the molecule is COc1ccc2c(C[NH2+][C@@H](c3ccccc3)c3ccco3)cc(=O)oc2c1. The van der Waals surface area contributed by atoms with E-state index in [-0.39, 0.29) is 11.7 Å². The third-order valence-electron chi connectivity index (χ3n) is 4.62. The Morgan fingerprint density at radius 3 is 2.63 bits per heavy atom. The maximum absolute atomic E-state index is 12.0. The lowest BCUT2D eigenvalue weighted by atomic mass is 10.0. The Kier molecular flexibility index (Phi) is 4.77. The van der Waals surface area contributed by atoms with E-state index in [1.165, 1.54) is 0 Å². The summed E-state index contributed by atoms with van der Waals surface area (Å²) in [5, 5.41) is 3.06. The van der Waals surface area contributed by atoms with E-state index in [2.05, 4.69) is 17.4 Å². The van der Waals surface area contributed by atoms with Crippen molar-refractivity contribution >= 4 is 11.0 Å². The third-order valence-corrected chi connectivity index (χ3v) is 4.62. The van der Waals surface area contributed by atoms with Crippen molar-refractivity contribution in [2.75, 3.05) is 7.11 Å². The highest BCUT2D eigenvalue weighted by molar-refractivity contribution is 5.81. The molecule has 4 rings (SSSR count). The number of benzene rings is 2. The molecule has 0 saturated heterocycles. The average Bonchev–Trinajstić information content (AvgIpc) is 3.22. The van der Waals surface area contributed by atoms with Crippen LogP contribution in [0, 0.1) is 0 Å². The molecule has 2 N–H and O–H groups in total. The molecule has 4 aromatic rings. The standard InChI is InChI=1S/C22H19NO4/c1-25-17-9-10-18-16(12-21(24)27-20(18)13-17)14-23-22(19-8-5-11-26-19)15-6-3-2-4-7-15/h2-13,22-23H,14H2,1H3/p+1/t22-/m0/s1. The second-order valence-electron chi connectivity index (χ2n) is 6.30. The van der Waals surface area contributed by atoms with E-state index in [1.807, 2.05) is 42.5 Å². The van der Waals surface area contributed by atoms with Crippen molar-refractivity contribution in [3.8, 4) is 5.75 Å². The first-order valence-corrected chi connectivity index (χ1v) is 8.77. The summed E-state index contributed by atoms with van der Waals surface area (Å²) in [6, 6.07) is 21.1. The Hall–Kier alpha value is -3.31. The number of quaternary nitrogens is 1. The number of rotatable bonds is 6. The van der Waals surface area contributed by atoms with E-state index < -0.39 is 0 Å². The van der Waals surface area contributed by atoms with Crippen LogP contribution in [-0.4, -0.2) is 7.11 Å². The Balaban J connectivity index is 1.68. The summed E-state index contributed by atoms with van der Waals surface area (Å²) in [4.78, 5) is 12.0. The smallest absolute Gasteiger partial charge is 0.336 e. The van der Waals surface area contributed by atoms with Crippen LogP contribution in [0.1, 0.15) is 22.9 Å². The highest BCUT2D eigenvalue weighted by Gasteiger charge is 2.21. The fourth-order valence-electron chi connectivity index (χ4n) is 3.30. The molecule has 0 aliphatic heterocycles. The van der Waals surface area contributed by atoms with E-state index in [9.17, 15) is 4.79 Å². The first-order valence-electron chi connectivity index (χ1n) is 8.77. The number of furan rings is 1. The molecule has 5 heteroatoms. The Morgan fingerprint density at radius 1 is 1.04 bits per heavy atom. The second kappa shape index (κ2) is 7.51. The van der Waals surface area contributed by atoms with Gasteiger partial charge >= 0.3 is 5.63 Å². The first kappa shape index (κ1) is 17.1. The van der Waals surface area contributed by atoms with Gasteiger partial charge in [-0.3, -0.25) is 0 Å². The molecule has 5 nitrogen and oxygen atoms in total. The highest BCUT2D eigenvalue weighted by atomic mass is 16.5. The van der Waals surface area contributed by atoms with Crippen LogP contribution in [0.2, 0.25) is 0 Å². The van der Waals surface area contributed by atoms with Gasteiger partial charge in [0, 0.05) is 28.6 Å². The summed E-state index contributed by atoms with van der Waals surface area (Å²) >= 11 is 0. The van der Waals surface area contributed by atoms with Crippen LogP contribution in [0.25, 0.3) is 11.0 Å². The Morgan fingerprint density at radius 2 is 1.89 bits per heavy atom. The van der Waals surface area contributed by atoms with Crippen LogP contribution in [-0.2, 0) is 6.54 Å². The first-order chi connectivity index (χ1) is 13.2. The normalized spacial score (nSPS) is 12.2. The zero-order valence-corrected chi connectivity index (χ0v) is 14.9. The van der Waals surface area contributed by atoms with E-state index in [1.54, 1.807) is 25.5 Å². The molecular weight excluding hydrogens is 342 g/mol. The quantitative estimate of drug-likeness (QED) is 0.535. The van der Waals surface area contributed by atoms with Crippen LogP contribution < -0.4 is 15.7 Å². The zero-order chi connectivity index (χ0) is 18.6. The van der Waals surface area contributed by atoms with Gasteiger partial charge in [0.05, 0.1) is 13.4 Å². The van der Waals surface area contributed by atoms with Crippen molar-refractivity contribution in [3.05, 3.63) is 100 Å². The summed E-state index contributed by atoms with van der Waals surface area (Å²) < 4.78 is 16.2. The molecule has 2 aromatic heterocycles. The molecule has 136 valence electrons. The highest BCUT2D eigenvalue weighted by Crippen LogP contribution is 2.23. The van der Waals surface area contributed by atoms with Crippen LogP contribution in [0.4, 0.5) is 0 Å². The maximum Gasteiger partial charge on any atom is 0.336 e. The van der Waals surface area contributed by atoms with Gasteiger partial charge < -0.3 is 18.9 Å². The summed E-state index contributed by atoms with van der Waals surface area (Å²) in [7, 11) is 1.59. The third kappa shape index (κ3) is 3.64. The summed E-state index contributed by atoms with van der Waals surface area (Å²) in [5.74, 6) is 1.53. The molecule has 0 spiro atoms. The fourth-order valence-corrected chi connectivity index (χ4v) is 3.30. The lowest BCUT2D eigenvalue weighted by Gasteiger charge is -2.14. The van der Waals surface area contributed by atoms with Gasteiger partial charge in [-0.15, -0.1) is 0 Å². The summed E-state index contributed by atoms with van der Waals surface area (Å²) in [6.45, 7) is 0.606. The average molecular weight is 362 g/mol. The van der Waals surface area contributed by atoms with Crippen molar-refractivity contribution in [2.45, 2.75) is 12.6 Å². The van der Waals surface area contributed by atoms with Gasteiger partial charge in [-0.1, -0.05) is 30.3 Å². The van der Waals surface area contributed by atoms with E-state index in [0.717, 1.165) is 22.3 Å². The fraction of sp³-hybridized carbons (Fsp3) is 0.136. The Labute approximate surface area is 156 Å². The number of hydrogen-bond donors (Lipinski definition) is 1. The predicted octanol–water partition coefficient (Wildman–Crippen LogP) is 3.25. The van der Waals surface area contributed by atoms with E-state index >= 15 is 0 Å². The van der Waals surface area contributed by atoms with Gasteiger partial charge in [-0.25, -0.2) is 4.79 Å². The summed E-state index contributed by atoms with van der Waals surface area (Å²) in [5.41, 5.74) is 2.21. The second-order valence-corrected chi connectivity index (χ2v) is 6.30. The van der Waals surface area contributed by atoms with Crippen LogP contribution >= 0.6 is 0 Å². The van der Waals surface area contributed by atoms with Crippen LogP contribution in [0.5, 0.6) is 5.75 Å². The maximum atomic E-state index is 12.0. The Bertz CT molecular complexity index is 1080. The van der Waals surface area contributed by atoms with E-state index in [4.69, 9.17) is 13.6 Å². The monoisotopic (exact) mass is 362 g/mol. The molecule has 0 aliphatic carbocycles. The predicted molar refractivity (Wildman–Crippen MR) is 102 cm³/mol. The number of nitrogens with two attached hydrogens (primary N) is 1. The van der Waals surface area contributed by atoms with Gasteiger partial charge in [0.2, 0.25) is 0 Å². The zero-order valence-electron chi connectivity index (χ0n) is 14.9. The number of methoxy groups -OCH3 is 1. The van der Waals surface area contributed by atoms with Gasteiger partial charge in [0.1, 0.15) is 17.9 Å². The molecule has 27 heavy (non-hydrogen) atoms. The van der Waals surface area contributed by atoms with Crippen molar-refractivity contribution < 1.29 is 18.9 Å². The molecule has 0 saturated carbocycles. The molecule has 2 aromatic carbocycles. The van der Waals surface area contributed by atoms with Crippen molar-refractivity contribution in [3.63, 3.8) is 0 Å². The minimum atomic E-state index is -0.367. The minimum absolute atomic E-state index is 0.00162. The molecular formula is C22H20NO4+. The van der Waals surface area contributed by atoms with Gasteiger partial charge in [0.15, 0.2) is 11.8 Å². The van der Waals surface area contributed by atoms with Gasteiger partial charge in [-0.2, -0.15) is 0 Å². The van der Waals surface area contributed by atoms with Crippen molar-refractivity contribution in [1.82, 2.24) is 0 Å². The van der Waals surface area contributed by atoms with Crippen molar-refractivity contribution in [1.29, 1.82) is 0 Å². The molecule has 0 fully saturated rings. The molecule has 0 amide bonds.